The normalized spacial score (nSPS) is 10.0. The van der Waals surface area contributed by atoms with Gasteiger partial charge in [-0.1, -0.05) is 17.7 Å². The lowest BCUT2D eigenvalue weighted by molar-refractivity contribution is 0.0526. The largest absolute Gasteiger partial charge is 0.497 e. The molecule has 0 saturated heterocycles. The van der Waals surface area contributed by atoms with E-state index in [-0.39, 0.29) is 17.5 Å². The number of esters is 1. The van der Waals surface area contributed by atoms with Gasteiger partial charge >= 0.3 is 5.97 Å². The summed E-state index contributed by atoms with van der Waals surface area (Å²) in [5.74, 6) is -0.198. The topological polar surface area (TPSA) is 64.6 Å². The maximum absolute atomic E-state index is 12.2. The van der Waals surface area contributed by atoms with E-state index in [0.29, 0.717) is 22.6 Å². The van der Waals surface area contributed by atoms with Crippen molar-refractivity contribution < 1.29 is 19.1 Å². The summed E-state index contributed by atoms with van der Waals surface area (Å²) in [7, 11) is 1.53. The van der Waals surface area contributed by atoms with Crippen LogP contribution >= 0.6 is 11.6 Å². The molecule has 5 nitrogen and oxygen atoms in total. The molecule has 120 valence electrons. The second-order valence-corrected chi connectivity index (χ2v) is 5.01. The lowest BCUT2D eigenvalue weighted by atomic mass is 10.1. The van der Waals surface area contributed by atoms with E-state index < -0.39 is 5.97 Å². The van der Waals surface area contributed by atoms with E-state index in [4.69, 9.17) is 21.1 Å². The minimum absolute atomic E-state index is 0.256. The standard InChI is InChI=1S/C17H16ClNO4/c1-3-23-17(21)12-7-8-15(14(18)10-12)19-16(20)11-5-4-6-13(9-11)22-2/h4-10H,3H2,1-2H3,(H,19,20). The molecule has 0 aliphatic rings. The SMILES string of the molecule is CCOC(=O)c1ccc(NC(=O)c2cccc(OC)c2)c(Cl)c1. The van der Waals surface area contributed by atoms with Crippen molar-refractivity contribution in [3.63, 3.8) is 0 Å². The molecule has 0 unspecified atom stereocenters. The number of benzene rings is 2. The van der Waals surface area contributed by atoms with Crippen LogP contribution in [-0.2, 0) is 4.74 Å². The Kier molecular flexibility index (Phi) is 5.60. The first-order valence-corrected chi connectivity index (χ1v) is 7.35. The molecule has 1 amide bonds. The number of nitrogens with one attached hydrogen (secondary N) is 1. The fourth-order valence-corrected chi connectivity index (χ4v) is 2.14. The number of rotatable bonds is 5. The number of ether oxygens (including phenoxy) is 2. The summed E-state index contributed by atoms with van der Waals surface area (Å²) in [5.41, 5.74) is 1.18. The van der Waals surface area contributed by atoms with Gasteiger partial charge in [0.05, 0.1) is 30.0 Å². The van der Waals surface area contributed by atoms with Gasteiger partial charge in [-0.3, -0.25) is 4.79 Å². The third kappa shape index (κ3) is 4.23. The van der Waals surface area contributed by atoms with Gasteiger partial charge in [0.1, 0.15) is 5.75 Å². The zero-order valence-corrected chi connectivity index (χ0v) is 13.5. The van der Waals surface area contributed by atoms with Crippen molar-refractivity contribution in [2.75, 3.05) is 19.0 Å². The number of carbonyl (C=O) groups excluding carboxylic acids is 2. The van der Waals surface area contributed by atoms with Gasteiger partial charge in [-0.15, -0.1) is 0 Å². The molecule has 0 aliphatic carbocycles. The molecule has 2 rings (SSSR count). The van der Waals surface area contributed by atoms with E-state index in [1.54, 1.807) is 43.3 Å². The highest BCUT2D eigenvalue weighted by Crippen LogP contribution is 2.24. The van der Waals surface area contributed by atoms with E-state index in [1.807, 2.05) is 0 Å². The average Bonchev–Trinajstić information content (AvgIpc) is 2.56. The molecular weight excluding hydrogens is 318 g/mol. The predicted octanol–water partition coefficient (Wildman–Crippen LogP) is 3.78. The molecular formula is C17H16ClNO4. The van der Waals surface area contributed by atoms with Crippen LogP contribution < -0.4 is 10.1 Å². The molecule has 2 aromatic carbocycles. The zero-order chi connectivity index (χ0) is 16.8. The molecule has 0 spiro atoms. The lowest BCUT2D eigenvalue weighted by Crippen LogP contribution is -2.13. The lowest BCUT2D eigenvalue weighted by Gasteiger charge is -2.09. The van der Waals surface area contributed by atoms with Gasteiger partial charge in [-0.25, -0.2) is 4.79 Å². The third-order valence-electron chi connectivity index (χ3n) is 3.06. The summed E-state index contributed by atoms with van der Waals surface area (Å²) in [4.78, 5) is 23.9. The molecule has 0 bridgehead atoms. The highest BCUT2D eigenvalue weighted by molar-refractivity contribution is 6.34. The minimum atomic E-state index is -0.458. The molecule has 23 heavy (non-hydrogen) atoms. The van der Waals surface area contributed by atoms with Gasteiger partial charge in [0.25, 0.3) is 5.91 Å². The van der Waals surface area contributed by atoms with Crippen molar-refractivity contribution >= 4 is 29.2 Å². The van der Waals surface area contributed by atoms with Gasteiger partial charge < -0.3 is 14.8 Å². The molecule has 0 heterocycles. The van der Waals surface area contributed by atoms with Crippen LogP contribution in [0.15, 0.2) is 42.5 Å². The van der Waals surface area contributed by atoms with Gasteiger partial charge in [-0.2, -0.15) is 0 Å². The Bertz CT molecular complexity index is 730. The maximum Gasteiger partial charge on any atom is 0.338 e. The number of methoxy groups -OCH3 is 1. The van der Waals surface area contributed by atoms with E-state index in [2.05, 4.69) is 5.32 Å². The van der Waals surface area contributed by atoms with E-state index in [1.165, 1.54) is 13.2 Å². The summed E-state index contributed by atoms with van der Waals surface area (Å²) in [5, 5.41) is 2.95. The number of anilines is 1. The van der Waals surface area contributed by atoms with E-state index >= 15 is 0 Å². The van der Waals surface area contributed by atoms with Crippen molar-refractivity contribution in [2.45, 2.75) is 6.92 Å². The van der Waals surface area contributed by atoms with E-state index in [0.717, 1.165) is 0 Å². The predicted molar refractivity (Wildman–Crippen MR) is 88.4 cm³/mol. The molecule has 0 aromatic heterocycles. The minimum Gasteiger partial charge on any atom is -0.497 e. The molecule has 0 radical (unpaired) electrons. The van der Waals surface area contributed by atoms with Crippen LogP contribution in [0.4, 0.5) is 5.69 Å². The van der Waals surface area contributed by atoms with Crippen LogP contribution in [0.2, 0.25) is 5.02 Å². The Hall–Kier alpha value is -2.53. The van der Waals surface area contributed by atoms with E-state index in [9.17, 15) is 9.59 Å². The number of carbonyl (C=O) groups is 2. The van der Waals surface area contributed by atoms with Crippen LogP contribution in [0.1, 0.15) is 27.6 Å². The fraction of sp³-hybridized carbons (Fsp3) is 0.176. The zero-order valence-electron chi connectivity index (χ0n) is 12.8. The number of hydrogen-bond acceptors (Lipinski definition) is 4. The smallest absolute Gasteiger partial charge is 0.338 e. The summed E-state index contributed by atoms with van der Waals surface area (Å²) in [6.45, 7) is 2.01. The van der Waals surface area contributed by atoms with Gasteiger partial charge in [-0.05, 0) is 43.3 Å². The first kappa shape index (κ1) is 16.8. The van der Waals surface area contributed by atoms with Crippen LogP contribution in [-0.4, -0.2) is 25.6 Å². The Labute approximate surface area is 139 Å². The Morgan fingerprint density at radius 2 is 1.91 bits per heavy atom. The van der Waals surface area contributed by atoms with Crippen molar-refractivity contribution in [1.29, 1.82) is 0 Å². The third-order valence-corrected chi connectivity index (χ3v) is 3.37. The number of halogens is 1. The highest BCUT2D eigenvalue weighted by atomic mass is 35.5. The van der Waals surface area contributed by atoms with Crippen LogP contribution in [0, 0.1) is 0 Å². The second-order valence-electron chi connectivity index (χ2n) is 4.60. The molecule has 0 aliphatic heterocycles. The average molecular weight is 334 g/mol. The first-order chi connectivity index (χ1) is 11.0. The van der Waals surface area contributed by atoms with Gasteiger partial charge in [0, 0.05) is 5.56 Å². The highest BCUT2D eigenvalue weighted by Gasteiger charge is 2.12. The maximum atomic E-state index is 12.2. The molecule has 1 N–H and O–H groups in total. The first-order valence-electron chi connectivity index (χ1n) is 6.97. The van der Waals surface area contributed by atoms with Crippen molar-refractivity contribution in [1.82, 2.24) is 0 Å². The second kappa shape index (κ2) is 7.65. The Balaban J connectivity index is 2.16. The molecule has 0 saturated carbocycles. The summed E-state index contributed by atoms with van der Waals surface area (Å²) in [6.07, 6.45) is 0. The van der Waals surface area contributed by atoms with Crippen molar-refractivity contribution in [2.24, 2.45) is 0 Å². The summed E-state index contributed by atoms with van der Waals surface area (Å²) < 4.78 is 9.99. The van der Waals surface area contributed by atoms with Crippen molar-refractivity contribution in [3.8, 4) is 5.75 Å². The van der Waals surface area contributed by atoms with Crippen LogP contribution in [0.5, 0.6) is 5.75 Å². The Morgan fingerprint density at radius 3 is 2.57 bits per heavy atom. The number of hydrogen-bond donors (Lipinski definition) is 1. The Morgan fingerprint density at radius 1 is 1.13 bits per heavy atom. The van der Waals surface area contributed by atoms with Crippen molar-refractivity contribution in [3.05, 3.63) is 58.6 Å². The molecule has 2 aromatic rings. The fourth-order valence-electron chi connectivity index (χ4n) is 1.92. The van der Waals surface area contributed by atoms with Gasteiger partial charge in [0.2, 0.25) is 0 Å². The summed E-state index contributed by atoms with van der Waals surface area (Å²) >= 11 is 6.12. The summed E-state index contributed by atoms with van der Waals surface area (Å²) in [6, 6.07) is 11.3. The molecule has 0 atom stereocenters. The molecule has 0 fully saturated rings. The number of amides is 1. The van der Waals surface area contributed by atoms with Gasteiger partial charge in [0.15, 0.2) is 0 Å². The molecule has 6 heteroatoms. The monoisotopic (exact) mass is 333 g/mol. The van der Waals surface area contributed by atoms with Crippen LogP contribution in [0.3, 0.4) is 0 Å². The quantitative estimate of drug-likeness (QED) is 0.846. The van der Waals surface area contributed by atoms with Crippen LogP contribution in [0.25, 0.3) is 0 Å².